The monoisotopic (exact) mass is 782 g/mol. The van der Waals surface area contributed by atoms with E-state index in [0.29, 0.717) is 13.1 Å². The number of nitrogens with zero attached hydrogens (tertiary/aromatic N) is 4. The number of hydrogen-bond donors (Lipinski definition) is 4. The standard InChI is InChI=1S/C44H46N8O4S/c1-22(2)34(45)42(53)52-21-27-9-6-7-10-29(27)38(52)41-47-30-16-13-24-19-25(12-15-28(24)36(30)48-41)33-20-26-14-17-31-37(39(26)57-33)49-40(46-31)32-11-8-18-51(32)43(54)35(23(3)4)50-44(55)56-5/h6-7,9-10,12-17,19-20,22-23,32,34-35,38H,8,11,18,21,45H2,1-5H3,(H,46,49)(H,47,48)(H,50,55)/t32-,34-,35-,38-/m0/s1. The van der Waals surface area contributed by atoms with Crippen LogP contribution in [0.3, 0.4) is 0 Å². The zero-order chi connectivity index (χ0) is 39.7. The first-order valence-corrected chi connectivity index (χ1v) is 20.5. The Morgan fingerprint density at radius 3 is 2.37 bits per heavy atom. The molecule has 5 heterocycles. The number of likely N-dealkylation sites (tertiary alicyclic amines) is 1. The first-order chi connectivity index (χ1) is 27.5. The molecule has 7 aromatic rings. The molecule has 3 amide bonds. The van der Waals surface area contributed by atoms with Gasteiger partial charge in [0.15, 0.2) is 0 Å². The summed E-state index contributed by atoms with van der Waals surface area (Å²) in [7, 11) is 1.30. The van der Waals surface area contributed by atoms with Crippen molar-refractivity contribution in [3.05, 3.63) is 95.6 Å². The van der Waals surface area contributed by atoms with Crippen LogP contribution >= 0.6 is 11.3 Å². The highest BCUT2D eigenvalue weighted by atomic mass is 32.1. The van der Waals surface area contributed by atoms with Crippen LogP contribution in [0.1, 0.15) is 75.4 Å². The maximum atomic E-state index is 13.8. The fourth-order valence-corrected chi connectivity index (χ4v) is 9.71. The van der Waals surface area contributed by atoms with Crippen molar-refractivity contribution in [2.45, 2.75) is 71.2 Å². The van der Waals surface area contributed by atoms with E-state index in [1.165, 1.54) is 7.11 Å². The van der Waals surface area contributed by atoms with Crippen LogP contribution in [0.15, 0.2) is 72.8 Å². The lowest BCUT2D eigenvalue weighted by atomic mass is 10.0. The van der Waals surface area contributed by atoms with Crippen LogP contribution in [0.5, 0.6) is 0 Å². The lowest BCUT2D eigenvalue weighted by molar-refractivity contribution is -0.136. The molecule has 292 valence electrons. The maximum absolute atomic E-state index is 13.8. The number of rotatable bonds is 8. The number of carbonyl (C=O) groups excluding carboxylic acids is 3. The minimum atomic E-state index is -0.692. The zero-order valence-corrected chi connectivity index (χ0v) is 33.4. The van der Waals surface area contributed by atoms with E-state index in [-0.39, 0.29) is 35.7 Å². The second kappa shape index (κ2) is 14.3. The number of aromatic amines is 2. The highest BCUT2D eigenvalue weighted by Gasteiger charge is 2.40. The van der Waals surface area contributed by atoms with Crippen molar-refractivity contribution in [3.8, 4) is 10.4 Å². The van der Waals surface area contributed by atoms with E-state index in [2.05, 4.69) is 63.8 Å². The third-order valence-electron chi connectivity index (χ3n) is 11.7. The molecule has 9 rings (SSSR count). The molecule has 12 nitrogen and oxygen atoms in total. The number of carbonyl (C=O) groups is 3. The van der Waals surface area contributed by atoms with Crippen LogP contribution < -0.4 is 11.1 Å². The van der Waals surface area contributed by atoms with Crippen LogP contribution in [0, 0.1) is 11.8 Å². The van der Waals surface area contributed by atoms with Crippen LogP contribution in [0.25, 0.3) is 53.4 Å². The lowest BCUT2D eigenvalue weighted by Crippen LogP contribution is -2.51. The van der Waals surface area contributed by atoms with Crippen molar-refractivity contribution in [3.63, 3.8) is 0 Å². The molecule has 13 heteroatoms. The predicted octanol–water partition coefficient (Wildman–Crippen LogP) is 7.93. The first kappa shape index (κ1) is 36.8. The molecule has 5 N–H and O–H groups in total. The minimum Gasteiger partial charge on any atom is -0.453 e. The van der Waals surface area contributed by atoms with Gasteiger partial charge in [-0.2, -0.15) is 0 Å². The van der Waals surface area contributed by atoms with E-state index in [1.54, 1.807) is 11.3 Å². The van der Waals surface area contributed by atoms with Gasteiger partial charge in [-0.15, -0.1) is 11.3 Å². The number of benzene rings is 4. The SMILES string of the molecule is COC(=O)N[C@H](C(=O)N1CCC[C@H]1c1nc2ccc3cc(-c4ccc5c(ccc6nc([C@@H]7c8ccccc8CN7C(=O)[C@@H](N)C(C)C)[nH]c65)c4)sc3c2[nH]1)C(C)C. The number of nitrogens with two attached hydrogens (primary N) is 1. The van der Waals surface area contributed by atoms with E-state index in [1.807, 2.05) is 61.8 Å². The average Bonchev–Trinajstić information content (AvgIpc) is 4.05. The summed E-state index contributed by atoms with van der Waals surface area (Å²) in [5.41, 5.74) is 13.3. The van der Waals surface area contributed by atoms with E-state index >= 15 is 0 Å². The average molecular weight is 783 g/mol. The number of H-pyrrole nitrogens is 2. The minimum absolute atomic E-state index is 0.0154. The molecule has 3 aromatic heterocycles. The Kier molecular flexibility index (Phi) is 9.24. The summed E-state index contributed by atoms with van der Waals surface area (Å²) in [6.07, 6.45) is 1.02. The number of ether oxygens (including phenoxy) is 1. The van der Waals surface area contributed by atoms with Crippen molar-refractivity contribution < 1.29 is 19.1 Å². The van der Waals surface area contributed by atoms with E-state index in [4.69, 9.17) is 20.4 Å². The fourth-order valence-electron chi connectivity index (χ4n) is 8.56. The molecule has 2 aliphatic heterocycles. The molecular formula is C44H46N8O4S. The summed E-state index contributed by atoms with van der Waals surface area (Å²) in [4.78, 5) is 61.6. The number of alkyl carbamates (subject to hydrolysis) is 1. The molecule has 0 bridgehead atoms. The Bertz CT molecular complexity index is 2710. The normalized spacial score (nSPS) is 18.0. The molecule has 1 fully saturated rings. The summed E-state index contributed by atoms with van der Waals surface area (Å²) in [5, 5.41) is 5.97. The van der Waals surface area contributed by atoms with E-state index in [9.17, 15) is 14.4 Å². The summed E-state index contributed by atoms with van der Waals surface area (Å²) in [6.45, 7) is 8.87. The van der Waals surface area contributed by atoms with Crippen LogP contribution in [0.2, 0.25) is 0 Å². The van der Waals surface area contributed by atoms with Gasteiger partial charge in [-0.3, -0.25) is 9.59 Å². The third kappa shape index (κ3) is 6.29. The van der Waals surface area contributed by atoms with Crippen molar-refractivity contribution in [2.75, 3.05) is 13.7 Å². The van der Waals surface area contributed by atoms with Crippen molar-refractivity contribution >= 4 is 72.2 Å². The molecule has 0 unspecified atom stereocenters. The van der Waals surface area contributed by atoms with Gasteiger partial charge in [-0.1, -0.05) is 76.2 Å². The summed E-state index contributed by atoms with van der Waals surface area (Å²) < 4.78 is 5.90. The Labute approximate surface area is 333 Å². The molecule has 0 spiro atoms. The van der Waals surface area contributed by atoms with Gasteiger partial charge in [0.05, 0.1) is 46.0 Å². The summed E-state index contributed by atoms with van der Waals surface area (Å²) in [5.74, 6) is 1.18. The quantitative estimate of drug-likeness (QED) is 0.122. The topological polar surface area (TPSA) is 162 Å². The summed E-state index contributed by atoms with van der Waals surface area (Å²) in [6, 6.07) is 23.3. The Morgan fingerprint density at radius 2 is 1.60 bits per heavy atom. The van der Waals surface area contributed by atoms with E-state index < -0.39 is 18.2 Å². The van der Waals surface area contributed by atoms with Crippen LogP contribution in [0.4, 0.5) is 4.79 Å². The molecule has 4 aromatic carbocycles. The molecular weight excluding hydrogens is 737 g/mol. The molecule has 0 radical (unpaired) electrons. The number of aromatic nitrogens is 4. The molecule has 4 atom stereocenters. The number of amides is 3. The second-order valence-electron chi connectivity index (χ2n) is 16.0. The molecule has 0 saturated carbocycles. The van der Waals surface area contributed by atoms with Crippen molar-refractivity contribution in [1.82, 2.24) is 35.1 Å². The van der Waals surface area contributed by atoms with Crippen LogP contribution in [-0.2, 0) is 20.9 Å². The molecule has 57 heavy (non-hydrogen) atoms. The number of methoxy groups -OCH3 is 1. The molecule has 1 saturated heterocycles. The zero-order valence-electron chi connectivity index (χ0n) is 32.6. The number of fused-ring (bicyclic) bond motifs is 7. The van der Waals surface area contributed by atoms with E-state index in [0.717, 1.165) is 89.0 Å². The van der Waals surface area contributed by atoms with Gasteiger partial charge in [-0.25, -0.2) is 14.8 Å². The largest absolute Gasteiger partial charge is 0.453 e. The van der Waals surface area contributed by atoms with Crippen LogP contribution in [-0.4, -0.2) is 73.4 Å². The predicted molar refractivity (Wildman–Crippen MR) is 224 cm³/mol. The fraction of sp³-hybridized carbons (Fsp3) is 0.341. The lowest BCUT2D eigenvalue weighted by Gasteiger charge is -2.29. The van der Waals surface area contributed by atoms with Gasteiger partial charge in [0.25, 0.3) is 0 Å². The first-order valence-electron chi connectivity index (χ1n) is 19.6. The summed E-state index contributed by atoms with van der Waals surface area (Å²) >= 11 is 1.71. The molecule has 0 aliphatic carbocycles. The highest BCUT2D eigenvalue weighted by molar-refractivity contribution is 7.23. The van der Waals surface area contributed by atoms with Gasteiger partial charge in [-0.05, 0) is 76.4 Å². The van der Waals surface area contributed by atoms with Gasteiger partial charge in [0, 0.05) is 23.4 Å². The smallest absolute Gasteiger partial charge is 0.407 e. The van der Waals surface area contributed by atoms with Gasteiger partial charge in [0.1, 0.15) is 23.7 Å². The Hall–Kier alpha value is -5.79. The second-order valence-corrected chi connectivity index (χ2v) is 17.1. The maximum Gasteiger partial charge on any atom is 0.407 e. The number of hydrogen-bond acceptors (Lipinski definition) is 8. The highest BCUT2D eigenvalue weighted by Crippen LogP contribution is 2.42. The Morgan fingerprint density at radius 1 is 0.860 bits per heavy atom. The van der Waals surface area contributed by atoms with Crippen molar-refractivity contribution in [1.29, 1.82) is 0 Å². The number of imidazole rings is 2. The third-order valence-corrected chi connectivity index (χ3v) is 12.9. The van der Waals surface area contributed by atoms with Crippen molar-refractivity contribution in [2.24, 2.45) is 17.6 Å². The number of thiophene rings is 1. The number of nitrogens with one attached hydrogen (secondary N) is 3. The van der Waals surface area contributed by atoms with Gasteiger partial charge < -0.3 is 35.6 Å². The molecule has 2 aliphatic rings. The van der Waals surface area contributed by atoms with Gasteiger partial charge in [0.2, 0.25) is 11.8 Å². The Balaban J connectivity index is 1.03. The van der Waals surface area contributed by atoms with Gasteiger partial charge >= 0.3 is 6.09 Å².